The predicted octanol–water partition coefficient (Wildman–Crippen LogP) is 3.98. The van der Waals surface area contributed by atoms with Gasteiger partial charge in [0.2, 0.25) is 5.91 Å². The number of nitrogens with zero attached hydrogens (tertiary/aromatic N) is 1. The summed E-state index contributed by atoms with van der Waals surface area (Å²) < 4.78 is 0. The molecule has 2 atom stereocenters. The second kappa shape index (κ2) is 5.57. The van der Waals surface area contributed by atoms with Crippen molar-refractivity contribution in [3.05, 3.63) is 30.1 Å². The lowest BCUT2D eigenvalue weighted by atomic mass is 9.45. The Bertz CT molecular complexity index is 602. The molecule has 4 fully saturated rings. The Morgan fingerprint density at radius 2 is 1.79 bits per heavy atom. The molecular weight excluding hydrogens is 296 g/mol. The van der Waals surface area contributed by atoms with Gasteiger partial charge in [0, 0.05) is 17.9 Å². The Balaban J connectivity index is 1.48. The van der Waals surface area contributed by atoms with E-state index in [9.17, 15) is 4.79 Å². The Hall–Kier alpha value is -1.38. The first-order chi connectivity index (χ1) is 11.3. The van der Waals surface area contributed by atoms with Crippen LogP contribution in [0, 0.1) is 29.1 Å². The van der Waals surface area contributed by atoms with Crippen molar-refractivity contribution in [3.8, 4) is 0 Å². The van der Waals surface area contributed by atoms with Crippen molar-refractivity contribution in [1.29, 1.82) is 0 Å². The van der Waals surface area contributed by atoms with E-state index in [1.165, 1.54) is 32.1 Å². The maximum atomic E-state index is 12.6. The smallest absolute Gasteiger partial charge is 0.224 e. The molecule has 3 heteroatoms. The van der Waals surface area contributed by atoms with E-state index in [0.717, 1.165) is 29.2 Å². The molecule has 1 aromatic rings. The fourth-order valence-electron chi connectivity index (χ4n) is 6.62. The molecule has 0 radical (unpaired) electrons. The van der Waals surface area contributed by atoms with E-state index < -0.39 is 0 Å². The fraction of sp³-hybridized carbons (Fsp3) is 0.714. The van der Waals surface area contributed by atoms with Crippen molar-refractivity contribution in [1.82, 2.24) is 10.3 Å². The topological polar surface area (TPSA) is 42.0 Å². The summed E-state index contributed by atoms with van der Waals surface area (Å²) >= 11 is 0. The molecule has 3 nitrogen and oxygen atoms in total. The number of carbonyl (C=O) groups excluding carboxylic acids is 1. The van der Waals surface area contributed by atoms with Crippen molar-refractivity contribution < 1.29 is 4.79 Å². The van der Waals surface area contributed by atoms with Crippen LogP contribution in [0.1, 0.15) is 58.4 Å². The van der Waals surface area contributed by atoms with Crippen LogP contribution in [0.15, 0.2) is 24.5 Å². The Kier molecular flexibility index (Phi) is 3.74. The molecule has 130 valence electrons. The highest BCUT2D eigenvalue weighted by atomic mass is 16.1. The van der Waals surface area contributed by atoms with Crippen LogP contribution in [0.5, 0.6) is 0 Å². The third-order valence-electron chi connectivity index (χ3n) is 6.79. The van der Waals surface area contributed by atoms with Crippen LogP contribution in [-0.4, -0.2) is 16.4 Å². The maximum absolute atomic E-state index is 12.6. The zero-order valence-corrected chi connectivity index (χ0v) is 15.2. The summed E-state index contributed by atoms with van der Waals surface area (Å²) in [5, 5.41) is 3.49. The zero-order chi connectivity index (χ0) is 16.9. The first kappa shape index (κ1) is 16.1. The minimum Gasteiger partial charge on any atom is -0.350 e. The lowest BCUT2D eigenvalue weighted by Gasteiger charge is -2.63. The first-order valence-corrected chi connectivity index (χ1v) is 9.55. The second-order valence-electron chi connectivity index (χ2n) is 9.72. The molecule has 4 saturated carbocycles. The molecule has 24 heavy (non-hydrogen) atoms. The molecule has 1 amide bonds. The van der Waals surface area contributed by atoms with Crippen molar-refractivity contribution in [2.24, 2.45) is 29.1 Å². The molecule has 5 rings (SSSR count). The van der Waals surface area contributed by atoms with Crippen molar-refractivity contribution in [2.45, 2.75) is 64.8 Å². The number of aromatic nitrogens is 1. The molecule has 2 unspecified atom stereocenters. The van der Waals surface area contributed by atoms with E-state index in [2.05, 4.69) is 31.1 Å². The Morgan fingerprint density at radius 1 is 1.17 bits per heavy atom. The van der Waals surface area contributed by atoms with Crippen LogP contribution < -0.4 is 5.32 Å². The number of carbonyl (C=O) groups is 1. The third-order valence-corrected chi connectivity index (χ3v) is 6.79. The highest BCUT2D eigenvalue weighted by molar-refractivity contribution is 5.79. The van der Waals surface area contributed by atoms with Crippen molar-refractivity contribution >= 4 is 5.91 Å². The molecule has 1 aromatic heterocycles. The summed E-state index contributed by atoms with van der Waals surface area (Å²) in [6, 6.07) is 3.88. The minimum absolute atomic E-state index is 0.0857. The van der Waals surface area contributed by atoms with Crippen molar-refractivity contribution in [3.63, 3.8) is 0 Å². The number of hydrogen-bond acceptors (Lipinski definition) is 2. The van der Waals surface area contributed by atoms with E-state index in [4.69, 9.17) is 0 Å². The highest BCUT2D eigenvalue weighted by Crippen LogP contribution is 2.62. The molecular formula is C21H30N2O. The van der Waals surface area contributed by atoms with Gasteiger partial charge >= 0.3 is 0 Å². The maximum Gasteiger partial charge on any atom is 0.224 e. The molecule has 0 saturated heterocycles. The van der Waals surface area contributed by atoms with Gasteiger partial charge in [-0.1, -0.05) is 20.8 Å². The number of hydrogen-bond donors (Lipinski definition) is 1. The van der Waals surface area contributed by atoms with Crippen LogP contribution >= 0.6 is 0 Å². The first-order valence-electron chi connectivity index (χ1n) is 9.55. The lowest BCUT2D eigenvalue weighted by molar-refractivity contribution is -0.133. The molecule has 0 aromatic carbocycles. The summed E-state index contributed by atoms with van der Waals surface area (Å²) in [5.74, 6) is 3.46. The standard InChI is InChI=1S/C21H30N2O/c1-20(2,3)19-16-8-15-9-17(19)13-21(11-15,12-16)23-18(24)10-14-4-6-22-7-5-14/h4-7,15-17,19H,8-13H2,1-3H3,(H,23,24). The van der Waals surface area contributed by atoms with E-state index >= 15 is 0 Å². The molecule has 0 spiro atoms. The van der Waals surface area contributed by atoms with Gasteiger partial charge in [-0.2, -0.15) is 0 Å². The van der Waals surface area contributed by atoms with Crippen molar-refractivity contribution in [2.75, 3.05) is 0 Å². The summed E-state index contributed by atoms with van der Waals surface area (Å²) in [6.45, 7) is 7.23. The van der Waals surface area contributed by atoms with E-state index in [-0.39, 0.29) is 11.4 Å². The van der Waals surface area contributed by atoms with Gasteiger partial charge in [0.25, 0.3) is 0 Å². The molecule has 4 bridgehead atoms. The zero-order valence-electron chi connectivity index (χ0n) is 15.2. The van der Waals surface area contributed by atoms with Gasteiger partial charge in [-0.25, -0.2) is 0 Å². The number of amides is 1. The lowest BCUT2D eigenvalue weighted by Crippen LogP contribution is -2.64. The van der Waals surface area contributed by atoms with Crippen LogP contribution in [0.3, 0.4) is 0 Å². The van der Waals surface area contributed by atoms with Gasteiger partial charge in [-0.05, 0) is 78.9 Å². The second-order valence-corrected chi connectivity index (χ2v) is 9.72. The SMILES string of the molecule is CC(C)(C)C1C2CC3CC1CC(NC(=O)Cc1ccncc1)(C3)C2. The molecule has 4 aliphatic carbocycles. The Morgan fingerprint density at radius 3 is 2.38 bits per heavy atom. The minimum atomic E-state index is 0.0857. The number of rotatable bonds is 3. The third kappa shape index (κ3) is 2.87. The van der Waals surface area contributed by atoms with Crippen LogP contribution in [0.25, 0.3) is 0 Å². The van der Waals surface area contributed by atoms with Gasteiger partial charge in [-0.15, -0.1) is 0 Å². The van der Waals surface area contributed by atoms with Gasteiger partial charge in [0.1, 0.15) is 0 Å². The normalized spacial score (nSPS) is 37.5. The number of pyridine rings is 1. The molecule has 4 aliphatic rings. The van der Waals surface area contributed by atoms with E-state index in [1.807, 2.05) is 12.1 Å². The van der Waals surface area contributed by atoms with Gasteiger partial charge in [-0.3, -0.25) is 9.78 Å². The predicted molar refractivity (Wildman–Crippen MR) is 95.3 cm³/mol. The largest absolute Gasteiger partial charge is 0.350 e. The summed E-state index contributed by atoms with van der Waals surface area (Å²) in [6.07, 6.45) is 10.4. The van der Waals surface area contributed by atoms with Gasteiger partial charge < -0.3 is 5.32 Å². The quantitative estimate of drug-likeness (QED) is 0.913. The average molecular weight is 326 g/mol. The van der Waals surface area contributed by atoms with Crippen LogP contribution in [0.4, 0.5) is 0 Å². The van der Waals surface area contributed by atoms with E-state index in [1.54, 1.807) is 12.4 Å². The van der Waals surface area contributed by atoms with Gasteiger partial charge in [0.05, 0.1) is 6.42 Å². The van der Waals surface area contributed by atoms with E-state index in [0.29, 0.717) is 11.8 Å². The molecule has 1 heterocycles. The molecule has 0 aliphatic heterocycles. The monoisotopic (exact) mass is 326 g/mol. The summed E-state index contributed by atoms with van der Waals surface area (Å²) in [5.41, 5.74) is 1.53. The Labute approximate surface area is 145 Å². The summed E-state index contributed by atoms with van der Waals surface area (Å²) in [4.78, 5) is 16.7. The molecule has 1 N–H and O–H groups in total. The average Bonchev–Trinajstić information content (AvgIpc) is 2.44. The number of nitrogens with one attached hydrogen (secondary N) is 1. The van der Waals surface area contributed by atoms with Gasteiger partial charge in [0.15, 0.2) is 0 Å². The van der Waals surface area contributed by atoms with Crippen LogP contribution in [0.2, 0.25) is 0 Å². The summed E-state index contributed by atoms with van der Waals surface area (Å²) in [7, 11) is 0. The fourth-order valence-corrected chi connectivity index (χ4v) is 6.62. The van der Waals surface area contributed by atoms with Crippen LogP contribution in [-0.2, 0) is 11.2 Å². The highest BCUT2D eigenvalue weighted by Gasteiger charge is 2.57.